The third-order valence-electron chi connectivity index (χ3n) is 5.95. The van der Waals surface area contributed by atoms with Crippen molar-refractivity contribution in [3.63, 3.8) is 0 Å². The van der Waals surface area contributed by atoms with Crippen LogP contribution in [0.1, 0.15) is 24.9 Å². The van der Waals surface area contributed by atoms with Gasteiger partial charge in [0.2, 0.25) is 0 Å². The number of guanidine groups is 1. The molecule has 2 aliphatic rings. The van der Waals surface area contributed by atoms with Crippen LogP contribution in [0.25, 0.3) is 0 Å². The minimum atomic E-state index is 0. The van der Waals surface area contributed by atoms with Gasteiger partial charge in [-0.05, 0) is 18.4 Å². The maximum Gasteiger partial charge on any atom is 0.193 e. The summed E-state index contributed by atoms with van der Waals surface area (Å²) in [7, 11) is 1.86. The van der Waals surface area contributed by atoms with Crippen molar-refractivity contribution >= 4 is 35.8 Å². The summed E-state index contributed by atoms with van der Waals surface area (Å²) in [6.45, 7) is 8.25. The topological polar surface area (TPSA) is 70.8 Å². The van der Waals surface area contributed by atoms with E-state index in [0.29, 0.717) is 18.5 Å². The van der Waals surface area contributed by atoms with E-state index < -0.39 is 0 Å². The number of ether oxygens (including phenoxy) is 1. The number of piperidine rings is 1. The van der Waals surface area contributed by atoms with E-state index in [9.17, 15) is 0 Å². The zero-order valence-electron chi connectivity index (χ0n) is 17.8. The largest absolute Gasteiger partial charge is 0.378 e. The van der Waals surface area contributed by atoms with Gasteiger partial charge in [-0.1, -0.05) is 13.0 Å². The first-order chi connectivity index (χ1) is 14.3. The highest BCUT2D eigenvalue weighted by Crippen LogP contribution is 2.27. The van der Waals surface area contributed by atoms with Gasteiger partial charge in [-0.2, -0.15) is 0 Å². The average molecular weight is 525 g/mol. The van der Waals surface area contributed by atoms with Gasteiger partial charge in [0.15, 0.2) is 5.96 Å². The minimum Gasteiger partial charge on any atom is -0.378 e. The Morgan fingerprint density at radius 1 is 1.27 bits per heavy atom. The van der Waals surface area contributed by atoms with Crippen LogP contribution >= 0.6 is 24.0 Å². The highest BCUT2D eigenvalue weighted by molar-refractivity contribution is 14.0. The smallest absolute Gasteiger partial charge is 0.193 e. The highest BCUT2D eigenvalue weighted by Gasteiger charge is 2.29. The lowest BCUT2D eigenvalue weighted by Gasteiger charge is -2.39. The number of nitrogens with one attached hydrogen (secondary N) is 1. The van der Waals surface area contributed by atoms with Crippen molar-refractivity contribution < 1.29 is 4.74 Å². The SMILES string of the molecule is CN=C(NCc1cccnc1N1CCOCC1)N1CCC(C)C(n2ccnc2)C1.I. The number of hydrogen-bond acceptors (Lipinski definition) is 5. The summed E-state index contributed by atoms with van der Waals surface area (Å²) >= 11 is 0. The first-order valence-corrected chi connectivity index (χ1v) is 10.5. The van der Waals surface area contributed by atoms with Gasteiger partial charge in [-0.3, -0.25) is 4.99 Å². The van der Waals surface area contributed by atoms with E-state index >= 15 is 0 Å². The first-order valence-electron chi connectivity index (χ1n) is 10.5. The Bertz CT molecular complexity index is 807. The van der Waals surface area contributed by atoms with Crippen molar-refractivity contribution in [2.45, 2.75) is 25.9 Å². The number of likely N-dealkylation sites (tertiary alicyclic amines) is 1. The molecule has 2 atom stereocenters. The lowest BCUT2D eigenvalue weighted by atomic mass is 9.93. The molecule has 2 saturated heterocycles. The second-order valence-corrected chi connectivity index (χ2v) is 7.78. The molecule has 0 spiro atoms. The number of halogens is 1. The van der Waals surface area contributed by atoms with E-state index in [1.807, 2.05) is 31.8 Å². The van der Waals surface area contributed by atoms with Crippen molar-refractivity contribution in [2.75, 3.05) is 51.3 Å². The average Bonchev–Trinajstić information content (AvgIpc) is 3.31. The van der Waals surface area contributed by atoms with E-state index in [1.54, 1.807) is 0 Å². The number of aromatic nitrogens is 3. The molecule has 30 heavy (non-hydrogen) atoms. The summed E-state index contributed by atoms with van der Waals surface area (Å²) in [6, 6.07) is 4.55. The van der Waals surface area contributed by atoms with Crippen molar-refractivity contribution in [2.24, 2.45) is 10.9 Å². The molecule has 0 radical (unpaired) electrons. The number of pyridine rings is 1. The predicted octanol–water partition coefficient (Wildman–Crippen LogP) is 2.39. The molecule has 2 aliphatic heterocycles. The van der Waals surface area contributed by atoms with Gasteiger partial charge in [0, 0.05) is 63.9 Å². The zero-order chi connectivity index (χ0) is 20.1. The zero-order valence-corrected chi connectivity index (χ0v) is 20.1. The number of morpholine rings is 1. The monoisotopic (exact) mass is 525 g/mol. The van der Waals surface area contributed by atoms with Gasteiger partial charge in [-0.25, -0.2) is 9.97 Å². The molecule has 4 heterocycles. The normalized spacial score (nSPS) is 22.5. The van der Waals surface area contributed by atoms with Crippen LogP contribution in [0.3, 0.4) is 0 Å². The summed E-state index contributed by atoms with van der Waals surface area (Å²) in [5, 5.41) is 3.57. The standard InChI is InChI=1S/C21H31N7O.HI/c1-17-5-8-27(15-19(17)28-9-7-23-16-28)21(22-2)25-14-18-4-3-6-24-20(18)26-10-12-29-13-11-26;/h3-4,6-7,9,16-17,19H,5,8,10-15H2,1-2H3,(H,22,25);1H. The quantitative estimate of drug-likeness (QED) is 0.376. The summed E-state index contributed by atoms with van der Waals surface area (Å²) in [5.41, 5.74) is 1.19. The third kappa shape index (κ3) is 5.23. The van der Waals surface area contributed by atoms with Gasteiger partial charge in [0.05, 0.1) is 25.6 Å². The molecule has 2 fully saturated rings. The molecule has 0 aliphatic carbocycles. The number of imidazole rings is 1. The maximum atomic E-state index is 5.49. The fourth-order valence-corrected chi connectivity index (χ4v) is 4.23. The minimum absolute atomic E-state index is 0. The van der Waals surface area contributed by atoms with Crippen LogP contribution in [0.15, 0.2) is 42.0 Å². The van der Waals surface area contributed by atoms with Crippen LogP contribution in [0.2, 0.25) is 0 Å². The van der Waals surface area contributed by atoms with Gasteiger partial charge in [0.25, 0.3) is 0 Å². The fourth-order valence-electron chi connectivity index (χ4n) is 4.23. The Hall–Kier alpha value is -1.88. The summed E-state index contributed by atoms with van der Waals surface area (Å²) in [5.74, 6) is 2.60. The van der Waals surface area contributed by atoms with Gasteiger partial charge in [-0.15, -0.1) is 24.0 Å². The van der Waals surface area contributed by atoms with Crippen LogP contribution < -0.4 is 10.2 Å². The maximum absolute atomic E-state index is 5.49. The van der Waals surface area contributed by atoms with Crippen LogP contribution in [0.5, 0.6) is 0 Å². The lowest BCUT2D eigenvalue weighted by molar-refractivity contribution is 0.122. The van der Waals surface area contributed by atoms with Crippen molar-refractivity contribution in [1.82, 2.24) is 24.8 Å². The van der Waals surface area contributed by atoms with Crippen LogP contribution in [0.4, 0.5) is 5.82 Å². The van der Waals surface area contributed by atoms with Crippen LogP contribution in [-0.2, 0) is 11.3 Å². The van der Waals surface area contributed by atoms with Crippen LogP contribution in [-0.4, -0.2) is 71.8 Å². The molecule has 4 rings (SSSR count). The van der Waals surface area contributed by atoms with Crippen molar-refractivity contribution in [3.05, 3.63) is 42.6 Å². The molecule has 9 heteroatoms. The van der Waals surface area contributed by atoms with E-state index in [2.05, 4.69) is 53.8 Å². The van der Waals surface area contributed by atoms with E-state index in [1.165, 1.54) is 5.56 Å². The Labute approximate surface area is 195 Å². The number of aliphatic imine (C=N–C) groups is 1. The molecule has 164 valence electrons. The molecule has 2 aromatic heterocycles. The third-order valence-corrected chi connectivity index (χ3v) is 5.95. The number of hydrogen-bond donors (Lipinski definition) is 1. The summed E-state index contributed by atoms with van der Waals surface area (Å²) < 4.78 is 7.71. The van der Waals surface area contributed by atoms with Gasteiger partial charge < -0.3 is 24.4 Å². The van der Waals surface area contributed by atoms with Crippen LogP contribution in [0, 0.1) is 5.92 Å². The van der Waals surface area contributed by atoms with E-state index in [4.69, 9.17) is 4.74 Å². The van der Waals surface area contributed by atoms with E-state index in [0.717, 1.165) is 57.6 Å². The lowest BCUT2D eigenvalue weighted by Crippen LogP contribution is -2.48. The number of rotatable bonds is 4. The molecule has 1 N–H and O–H groups in total. The van der Waals surface area contributed by atoms with Crippen molar-refractivity contribution in [3.8, 4) is 0 Å². The molecule has 8 nitrogen and oxygen atoms in total. The molecule has 2 aromatic rings. The summed E-state index contributed by atoms with van der Waals surface area (Å²) in [6.07, 6.45) is 8.84. The molecular weight excluding hydrogens is 493 g/mol. The van der Waals surface area contributed by atoms with E-state index in [-0.39, 0.29) is 24.0 Å². The second-order valence-electron chi connectivity index (χ2n) is 7.78. The molecule has 0 amide bonds. The Morgan fingerprint density at radius 3 is 2.83 bits per heavy atom. The van der Waals surface area contributed by atoms with Gasteiger partial charge in [0.1, 0.15) is 5.82 Å². The fraction of sp³-hybridized carbons (Fsp3) is 0.571. The second kappa shape index (κ2) is 10.9. The van der Waals surface area contributed by atoms with Crippen molar-refractivity contribution in [1.29, 1.82) is 0 Å². The van der Waals surface area contributed by atoms with Gasteiger partial charge >= 0.3 is 0 Å². The predicted molar refractivity (Wildman–Crippen MR) is 130 cm³/mol. The Kier molecular flexibility index (Phi) is 8.32. The molecular formula is C21H32IN7O. The Balaban J connectivity index is 0.00000256. The first kappa shape index (κ1) is 22.8. The summed E-state index contributed by atoms with van der Waals surface area (Å²) in [4.78, 5) is 18.1. The number of nitrogens with zero attached hydrogens (tertiary/aromatic N) is 6. The molecule has 0 aromatic carbocycles. The molecule has 0 saturated carbocycles. The molecule has 2 unspecified atom stereocenters. The Morgan fingerprint density at radius 2 is 2.10 bits per heavy atom. The molecule has 0 bridgehead atoms. The highest BCUT2D eigenvalue weighted by atomic mass is 127. The number of anilines is 1.